The molecule has 3 nitrogen and oxygen atoms in total. The van der Waals surface area contributed by atoms with Gasteiger partial charge in [0, 0.05) is 5.70 Å². The lowest BCUT2D eigenvalue weighted by atomic mass is 10.0. The first-order valence-corrected chi connectivity index (χ1v) is 3.00. The predicted octanol–water partition coefficient (Wildman–Crippen LogP) is 0.228. The number of rotatable bonds is 0. The Kier molecular flexibility index (Phi) is 1.38. The normalized spacial score (nSPS) is 30.2. The molecular formula is C7H9N3. The Morgan fingerprint density at radius 1 is 1.80 bits per heavy atom. The average molecular weight is 135 g/mol. The molecule has 52 valence electrons. The van der Waals surface area contributed by atoms with Gasteiger partial charge in [0.15, 0.2) is 0 Å². The van der Waals surface area contributed by atoms with Crippen LogP contribution in [0, 0.1) is 11.3 Å². The molecule has 0 radical (unpaired) electrons. The third-order valence-electron chi connectivity index (χ3n) is 1.35. The van der Waals surface area contributed by atoms with E-state index < -0.39 is 5.54 Å². The second-order valence-corrected chi connectivity index (χ2v) is 2.44. The van der Waals surface area contributed by atoms with Crippen molar-refractivity contribution in [3.05, 3.63) is 24.0 Å². The highest BCUT2D eigenvalue weighted by Gasteiger charge is 2.20. The molecule has 0 saturated carbocycles. The molecule has 1 rings (SSSR count). The van der Waals surface area contributed by atoms with Gasteiger partial charge in [-0.3, -0.25) is 0 Å². The molecule has 0 aromatic rings. The molecule has 0 aromatic carbocycles. The number of allylic oxidation sites excluding steroid dienone is 1. The van der Waals surface area contributed by atoms with E-state index >= 15 is 0 Å². The summed E-state index contributed by atoms with van der Waals surface area (Å²) in [6, 6.07) is 2.09. The SMILES string of the molecule is CC1(C#N)C=C(N)C=CN1. The zero-order valence-corrected chi connectivity index (χ0v) is 5.76. The Morgan fingerprint density at radius 2 is 2.50 bits per heavy atom. The topological polar surface area (TPSA) is 61.8 Å². The Hall–Kier alpha value is -1.43. The summed E-state index contributed by atoms with van der Waals surface area (Å²) in [5.74, 6) is 0. The summed E-state index contributed by atoms with van der Waals surface area (Å²) in [5, 5.41) is 11.5. The lowest BCUT2D eigenvalue weighted by Crippen LogP contribution is -2.37. The first-order valence-electron chi connectivity index (χ1n) is 3.00. The maximum Gasteiger partial charge on any atom is 0.143 e. The second-order valence-electron chi connectivity index (χ2n) is 2.44. The van der Waals surface area contributed by atoms with Crippen LogP contribution in [0.5, 0.6) is 0 Å². The van der Waals surface area contributed by atoms with Crippen LogP contribution in [0.25, 0.3) is 0 Å². The molecule has 0 aromatic heterocycles. The van der Waals surface area contributed by atoms with Gasteiger partial charge in [0.25, 0.3) is 0 Å². The minimum Gasteiger partial charge on any atom is -0.399 e. The molecule has 1 atom stereocenters. The lowest BCUT2D eigenvalue weighted by molar-refractivity contribution is 0.619. The number of nitrogens with one attached hydrogen (secondary N) is 1. The van der Waals surface area contributed by atoms with Gasteiger partial charge in [-0.1, -0.05) is 0 Å². The zero-order chi connectivity index (χ0) is 7.61. The first-order chi connectivity index (χ1) is 4.66. The number of dihydropyridines is 1. The Morgan fingerprint density at radius 3 is 2.90 bits per heavy atom. The fourth-order valence-electron chi connectivity index (χ4n) is 0.799. The number of nitrogens with two attached hydrogens (primary N) is 1. The Labute approximate surface area is 59.8 Å². The van der Waals surface area contributed by atoms with Crippen LogP contribution in [0.3, 0.4) is 0 Å². The van der Waals surface area contributed by atoms with Gasteiger partial charge in [0.2, 0.25) is 0 Å². The van der Waals surface area contributed by atoms with E-state index in [0.717, 1.165) is 0 Å². The van der Waals surface area contributed by atoms with Gasteiger partial charge in [-0.25, -0.2) is 0 Å². The fourth-order valence-corrected chi connectivity index (χ4v) is 0.799. The molecule has 0 bridgehead atoms. The highest BCUT2D eigenvalue weighted by Crippen LogP contribution is 2.10. The second kappa shape index (κ2) is 2.07. The molecule has 10 heavy (non-hydrogen) atoms. The molecule has 3 N–H and O–H groups in total. The van der Waals surface area contributed by atoms with Gasteiger partial charge in [-0.2, -0.15) is 5.26 Å². The molecule has 1 unspecified atom stereocenters. The van der Waals surface area contributed by atoms with Crippen molar-refractivity contribution in [3.63, 3.8) is 0 Å². The van der Waals surface area contributed by atoms with Crippen LogP contribution in [0.1, 0.15) is 6.92 Å². The van der Waals surface area contributed by atoms with Crippen LogP contribution in [0.2, 0.25) is 0 Å². The molecule has 0 fully saturated rings. The molecule has 3 heteroatoms. The number of hydrogen-bond acceptors (Lipinski definition) is 3. The molecule has 0 saturated heterocycles. The molecule has 1 aliphatic heterocycles. The van der Waals surface area contributed by atoms with Crippen LogP contribution in [-0.4, -0.2) is 5.54 Å². The monoisotopic (exact) mass is 135 g/mol. The first kappa shape index (κ1) is 6.69. The standard InChI is InChI=1S/C7H9N3/c1-7(5-8)4-6(9)2-3-10-7/h2-4,10H,9H2,1H3. The van der Waals surface area contributed by atoms with E-state index in [-0.39, 0.29) is 0 Å². The smallest absolute Gasteiger partial charge is 0.143 e. The van der Waals surface area contributed by atoms with Crippen LogP contribution >= 0.6 is 0 Å². The van der Waals surface area contributed by atoms with Crippen LogP contribution in [-0.2, 0) is 0 Å². The van der Waals surface area contributed by atoms with E-state index in [1.54, 1.807) is 25.3 Å². The van der Waals surface area contributed by atoms with E-state index in [4.69, 9.17) is 11.0 Å². The molecular weight excluding hydrogens is 126 g/mol. The highest BCUT2D eigenvalue weighted by molar-refractivity contribution is 5.31. The van der Waals surface area contributed by atoms with Gasteiger partial charge in [0.1, 0.15) is 5.54 Å². The minimum absolute atomic E-state index is 0.626. The van der Waals surface area contributed by atoms with Crippen molar-refractivity contribution in [3.8, 4) is 6.07 Å². The fraction of sp³-hybridized carbons (Fsp3) is 0.286. The lowest BCUT2D eigenvalue weighted by Gasteiger charge is -2.21. The van der Waals surface area contributed by atoms with Crippen LogP contribution in [0.4, 0.5) is 0 Å². The van der Waals surface area contributed by atoms with E-state index in [9.17, 15) is 0 Å². The maximum absolute atomic E-state index is 8.62. The van der Waals surface area contributed by atoms with Crippen LogP contribution < -0.4 is 11.1 Å². The van der Waals surface area contributed by atoms with Gasteiger partial charge in [-0.05, 0) is 25.3 Å². The Bertz CT molecular complexity index is 234. The number of hydrogen-bond donors (Lipinski definition) is 2. The maximum atomic E-state index is 8.62. The third-order valence-corrected chi connectivity index (χ3v) is 1.35. The summed E-state index contributed by atoms with van der Waals surface area (Å²) in [6.07, 6.45) is 5.09. The van der Waals surface area contributed by atoms with E-state index in [2.05, 4.69) is 11.4 Å². The van der Waals surface area contributed by atoms with Crippen molar-refractivity contribution in [1.82, 2.24) is 5.32 Å². The molecule has 0 aliphatic carbocycles. The summed E-state index contributed by atoms with van der Waals surface area (Å²) in [5.41, 5.74) is 5.47. The van der Waals surface area contributed by atoms with Crippen molar-refractivity contribution in [2.75, 3.05) is 0 Å². The largest absolute Gasteiger partial charge is 0.399 e. The molecule has 1 heterocycles. The van der Waals surface area contributed by atoms with Crippen molar-refractivity contribution >= 4 is 0 Å². The van der Waals surface area contributed by atoms with E-state index in [1.165, 1.54) is 0 Å². The van der Waals surface area contributed by atoms with Crippen LogP contribution in [0.15, 0.2) is 24.0 Å². The summed E-state index contributed by atoms with van der Waals surface area (Å²) in [7, 11) is 0. The van der Waals surface area contributed by atoms with Gasteiger partial charge < -0.3 is 11.1 Å². The van der Waals surface area contributed by atoms with Gasteiger partial charge in [-0.15, -0.1) is 0 Å². The summed E-state index contributed by atoms with van der Waals surface area (Å²) in [6.45, 7) is 1.77. The van der Waals surface area contributed by atoms with Crippen molar-refractivity contribution in [2.45, 2.75) is 12.5 Å². The average Bonchev–Trinajstić information content (AvgIpc) is 1.88. The zero-order valence-electron chi connectivity index (χ0n) is 5.76. The van der Waals surface area contributed by atoms with E-state index in [1.807, 2.05) is 0 Å². The van der Waals surface area contributed by atoms with Crippen molar-refractivity contribution in [1.29, 1.82) is 5.26 Å². The number of nitrogens with zero attached hydrogens (tertiary/aromatic N) is 1. The third kappa shape index (κ3) is 1.11. The van der Waals surface area contributed by atoms with E-state index in [0.29, 0.717) is 5.70 Å². The molecule has 0 spiro atoms. The summed E-state index contributed by atoms with van der Waals surface area (Å²) >= 11 is 0. The molecule has 1 aliphatic rings. The van der Waals surface area contributed by atoms with Crippen molar-refractivity contribution < 1.29 is 0 Å². The molecule has 0 amide bonds. The highest BCUT2D eigenvalue weighted by atomic mass is 14.9. The quantitative estimate of drug-likeness (QED) is 0.499. The van der Waals surface area contributed by atoms with Gasteiger partial charge in [0.05, 0.1) is 6.07 Å². The van der Waals surface area contributed by atoms with Gasteiger partial charge >= 0.3 is 0 Å². The Balaban J connectivity index is 2.89. The summed E-state index contributed by atoms with van der Waals surface area (Å²) < 4.78 is 0. The predicted molar refractivity (Wildman–Crippen MR) is 38.6 cm³/mol. The number of nitriles is 1. The van der Waals surface area contributed by atoms with Crippen molar-refractivity contribution in [2.24, 2.45) is 5.73 Å². The minimum atomic E-state index is -0.626. The summed E-state index contributed by atoms with van der Waals surface area (Å²) in [4.78, 5) is 0.